The molecule has 0 bridgehead atoms. The molecule has 0 aromatic carbocycles. The van der Waals surface area contributed by atoms with E-state index in [-0.39, 0.29) is 0 Å². The van der Waals surface area contributed by atoms with E-state index in [1.807, 2.05) is 0 Å². The summed E-state index contributed by atoms with van der Waals surface area (Å²) in [6.45, 7) is 2.17. The Morgan fingerprint density at radius 2 is 2.50 bits per heavy atom. The Labute approximate surface area is 67.1 Å². The minimum absolute atomic E-state index is 0.728. The van der Waals surface area contributed by atoms with Gasteiger partial charge in [0.15, 0.2) is 5.05 Å². The van der Waals surface area contributed by atoms with Gasteiger partial charge in [0.1, 0.15) is 5.76 Å². The second kappa shape index (κ2) is 3.71. The molecule has 0 amide bonds. The van der Waals surface area contributed by atoms with Gasteiger partial charge in [-0.3, -0.25) is 0 Å². The minimum atomic E-state index is 0.728. The Kier molecular flexibility index (Phi) is 2.87. The summed E-state index contributed by atoms with van der Waals surface area (Å²) in [4.78, 5) is 0. The molecule has 1 nitrogen and oxygen atoms in total. The van der Waals surface area contributed by atoms with E-state index in [1.54, 1.807) is 0 Å². The average molecular weight is 156 g/mol. The normalized spacial score (nSPS) is 16.9. The number of hydrogen-bond acceptors (Lipinski definition) is 2. The van der Waals surface area contributed by atoms with Gasteiger partial charge in [-0.1, -0.05) is 13.3 Å². The molecule has 0 aromatic heterocycles. The van der Waals surface area contributed by atoms with Crippen molar-refractivity contribution in [2.75, 3.05) is 0 Å². The molecule has 0 saturated heterocycles. The van der Waals surface area contributed by atoms with Gasteiger partial charge in [0.05, 0.1) is 0 Å². The first kappa shape index (κ1) is 7.73. The second-order valence-electron chi connectivity index (χ2n) is 2.45. The van der Waals surface area contributed by atoms with Gasteiger partial charge >= 0.3 is 0 Å². The van der Waals surface area contributed by atoms with Gasteiger partial charge in [-0.15, -0.1) is 0 Å². The average Bonchev–Trinajstić information content (AvgIpc) is 2.31. The van der Waals surface area contributed by atoms with E-state index in [2.05, 4.69) is 13.0 Å². The van der Waals surface area contributed by atoms with E-state index in [4.69, 9.17) is 17.0 Å². The first-order chi connectivity index (χ1) is 4.83. The summed E-state index contributed by atoms with van der Waals surface area (Å²) in [7, 11) is 0. The van der Waals surface area contributed by atoms with Crippen LogP contribution in [0.5, 0.6) is 0 Å². The largest absolute Gasteiger partial charge is 0.455 e. The van der Waals surface area contributed by atoms with Gasteiger partial charge in [-0.25, -0.2) is 0 Å². The third-order valence-electron chi connectivity index (χ3n) is 1.52. The summed E-state index contributed by atoms with van der Waals surface area (Å²) in [6, 6.07) is 0. The molecule has 1 heterocycles. The maximum Gasteiger partial charge on any atom is 0.170 e. The van der Waals surface area contributed by atoms with Crippen LogP contribution in [0.25, 0.3) is 0 Å². The van der Waals surface area contributed by atoms with Crippen molar-refractivity contribution in [2.45, 2.75) is 32.6 Å². The van der Waals surface area contributed by atoms with Crippen LogP contribution in [0.1, 0.15) is 32.6 Å². The number of allylic oxidation sites excluding steroid dienone is 1. The molecule has 1 rings (SSSR count). The zero-order valence-corrected chi connectivity index (χ0v) is 7.04. The Hall–Kier alpha value is -0.370. The highest BCUT2D eigenvalue weighted by Crippen LogP contribution is 2.17. The summed E-state index contributed by atoms with van der Waals surface area (Å²) in [5.41, 5.74) is 0. The van der Waals surface area contributed by atoms with Crippen molar-refractivity contribution < 1.29 is 4.74 Å². The quantitative estimate of drug-likeness (QED) is 0.581. The number of rotatable bonds is 3. The maximum absolute atomic E-state index is 5.26. The third kappa shape index (κ3) is 2.10. The van der Waals surface area contributed by atoms with Gasteiger partial charge < -0.3 is 4.74 Å². The zero-order valence-electron chi connectivity index (χ0n) is 6.22. The summed E-state index contributed by atoms with van der Waals surface area (Å²) < 4.78 is 5.26. The molecule has 0 aromatic rings. The molecule has 1 aliphatic heterocycles. The van der Waals surface area contributed by atoms with Gasteiger partial charge in [0.25, 0.3) is 0 Å². The molecular weight excluding hydrogens is 144 g/mol. The van der Waals surface area contributed by atoms with Crippen LogP contribution in [0.2, 0.25) is 0 Å². The fraction of sp³-hybridized carbons (Fsp3) is 0.625. The van der Waals surface area contributed by atoms with Crippen molar-refractivity contribution >= 4 is 17.3 Å². The predicted octanol–water partition coefficient (Wildman–Crippen LogP) is 2.81. The molecule has 0 N–H and O–H groups in total. The lowest BCUT2D eigenvalue weighted by molar-refractivity contribution is 0.409. The predicted molar refractivity (Wildman–Crippen MR) is 45.9 cm³/mol. The highest BCUT2D eigenvalue weighted by Gasteiger charge is 2.09. The number of hydrogen-bond donors (Lipinski definition) is 0. The zero-order chi connectivity index (χ0) is 7.40. The molecule has 56 valence electrons. The first-order valence-electron chi connectivity index (χ1n) is 3.72. The molecule has 1 aliphatic rings. The number of thiocarbonyl (C=S) groups is 1. The standard InChI is InChI=1S/C8H12OS/c1-2-3-4-7-5-6-8(10)9-7/h5H,2-4,6H2,1H3. The number of unbranched alkanes of at least 4 members (excludes halogenated alkanes) is 1. The molecule has 0 atom stereocenters. The van der Waals surface area contributed by atoms with E-state index < -0.39 is 0 Å². The molecule has 0 radical (unpaired) electrons. The van der Waals surface area contributed by atoms with E-state index in [0.717, 1.165) is 23.7 Å². The molecule has 0 fully saturated rings. The lowest BCUT2D eigenvalue weighted by Gasteiger charge is -2.00. The van der Waals surface area contributed by atoms with Gasteiger partial charge in [0.2, 0.25) is 0 Å². The van der Waals surface area contributed by atoms with E-state index in [9.17, 15) is 0 Å². The molecule has 0 spiro atoms. The summed E-state index contributed by atoms with van der Waals surface area (Å²) >= 11 is 4.87. The lowest BCUT2D eigenvalue weighted by atomic mass is 10.2. The lowest BCUT2D eigenvalue weighted by Crippen LogP contribution is -1.90. The van der Waals surface area contributed by atoms with Gasteiger partial charge in [-0.2, -0.15) is 0 Å². The van der Waals surface area contributed by atoms with Crippen molar-refractivity contribution in [3.8, 4) is 0 Å². The van der Waals surface area contributed by atoms with Crippen molar-refractivity contribution in [2.24, 2.45) is 0 Å². The molecule has 0 aliphatic carbocycles. The highest BCUT2D eigenvalue weighted by atomic mass is 32.1. The molecular formula is C8H12OS. The van der Waals surface area contributed by atoms with Crippen LogP contribution in [0.4, 0.5) is 0 Å². The summed E-state index contributed by atoms with van der Waals surface area (Å²) in [5, 5.41) is 0.728. The Balaban J connectivity index is 2.23. The van der Waals surface area contributed by atoms with Crippen LogP contribution in [0.15, 0.2) is 11.8 Å². The first-order valence-corrected chi connectivity index (χ1v) is 4.13. The van der Waals surface area contributed by atoms with Crippen LogP contribution in [0.3, 0.4) is 0 Å². The van der Waals surface area contributed by atoms with E-state index in [1.165, 1.54) is 12.8 Å². The van der Waals surface area contributed by atoms with Crippen LogP contribution < -0.4 is 0 Å². The Morgan fingerprint density at radius 1 is 1.70 bits per heavy atom. The molecule has 0 saturated carbocycles. The van der Waals surface area contributed by atoms with Crippen LogP contribution >= 0.6 is 12.2 Å². The van der Waals surface area contributed by atoms with Crippen molar-refractivity contribution in [1.82, 2.24) is 0 Å². The Bertz CT molecular complexity index is 161. The van der Waals surface area contributed by atoms with Crippen LogP contribution in [0, 0.1) is 0 Å². The second-order valence-corrected chi connectivity index (χ2v) is 2.91. The van der Waals surface area contributed by atoms with Gasteiger partial charge in [0, 0.05) is 12.8 Å². The fourth-order valence-electron chi connectivity index (χ4n) is 0.931. The van der Waals surface area contributed by atoms with Crippen LogP contribution in [-0.2, 0) is 4.74 Å². The van der Waals surface area contributed by atoms with Crippen molar-refractivity contribution in [3.63, 3.8) is 0 Å². The summed E-state index contributed by atoms with van der Waals surface area (Å²) in [5.74, 6) is 1.08. The smallest absolute Gasteiger partial charge is 0.170 e. The van der Waals surface area contributed by atoms with E-state index >= 15 is 0 Å². The van der Waals surface area contributed by atoms with Crippen molar-refractivity contribution in [1.29, 1.82) is 0 Å². The number of ether oxygens (including phenoxy) is 1. The Morgan fingerprint density at radius 3 is 3.00 bits per heavy atom. The maximum atomic E-state index is 5.26. The monoisotopic (exact) mass is 156 g/mol. The van der Waals surface area contributed by atoms with E-state index in [0.29, 0.717) is 0 Å². The van der Waals surface area contributed by atoms with Crippen molar-refractivity contribution in [3.05, 3.63) is 11.8 Å². The highest BCUT2D eigenvalue weighted by molar-refractivity contribution is 7.80. The molecule has 0 unspecified atom stereocenters. The SMILES string of the molecule is CCCCC1=CCC(=S)O1. The molecule has 2 heteroatoms. The minimum Gasteiger partial charge on any atom is -0.455 e. The third-order valence-corrected chi connectivity index (χ3v) is 1.77. The summed E-state index contributed by atoms with van der Waals surface area (Å²) in [6.07, 6.45) is 6.39. The fourth-order valence-corrected chi connectivity index (χ4v) is 1.12. The topological polar surface area (TPSA) is 9.23 Å². The molecule has 10 heavy (non-hydrogen) atoms. The van der Waals surface area contributed by atoms with Crippen LogP contribution in [-0.4, -0.2) is 5.05 Å². The van der Waals surface area contributed by atoms with Gasteiger partial charge in [-0.05, 0) is 24.7 Å².